The van der Waals surface area contributed by atoms with Crippen molar-refractivity contribution in [3.63, 3.8) is 0 Å². The molecule has 0 atom stereocenters. The van der Waals surface area contributed by atoms with E-state index in [1.165, 1.54) is 28.8 Å². The lowest BCUT2D eigenvalue weighted by molar-refractivity contribution is -0.384. The van der Waals surface area contributed by atoms with E-state index in [0.717, 1.165) is 10.9 Å². The number of aryl methyl sites for hydroxylation is 1. The number of nitrogens with zero attached hydrogens (tertiary/aromatic N) is 4. The van der Waals surface area contributed by atoms with Gasteiger partial charge < -0.3 is 10.3 Å². The Balaban J connectivity index is 1.91. The lowest BCUT2D eigenvalue weighted by Crippen LogP contribution is -2.30. The monoisotopic (exact) mass is 445 g/mol. The van der Waals surface area contributed by atoms with Gasteiger partial charge in [0.2, 0.25) is 5.96 Å². The number of aromatic nitrogens is 2. The van der Waals surface area contributed by atoms with Crippen molar-refractivity contribution < 1.29 is 9.76 Å². The van der Waals surface area contributed by atoms with Crippen LogP contribution in [0.4, 0.5) is 5.69 Å². The zero-order valence-corrected chi connectivity index (χ0v) is 17.3. The number of benzene rings is 2. The second kappa shape index (κ2) is 8.81. The molecule has 0 fully saturated rings. The second-order valence-electron chi connectivity index (χ2n) is 7.20. The van der Waals surface area contributed by atoms with E-state index in [1.54, 1.807) is 6.07 Å². The molecule has 166 valence electrons. The molecule has 0 aliphatic carbocycles. The highest BCUT2D eigenvalue weighted by atomic mass is 16.6. The van der Waals surface area contributed by atoms with Crippen LogP contribution >= 0.6 is 0 Å². The van der Waals surface area contributed by atoms with E-state index in [2.05, 4.69) is 5.48 Å². The number of para-hydroxylation sites is 1. The van der Waals surface area contributed by atoms with Gasteiger partial charge in [-0.1, -0.05) is 18.2 Å². The number of non-ortho nitro benzene ring substituents is 1. The van der Waals surface area contributed by atoms with Gasteiger partial charge in [0.25, 0.3) is 11.2 Å². The average Bonchev–Trinajstić information content (AvgIpc) is 3.11. The Morgan fingerprint density at radius 2 is 1.94 bits per heavy atom. The number of nitro groups is 1. The van der Waals surface area contributed by atoms with Gasteiger partial charge in [-0.3, -0.25) is 29.7 Å². The molecule has 2 aromatic carbocycles. The number of guanidine groups is 1. The number of rotatable bonds is 7. The molecule has 2 aromatic heterocycles. The molecule has 0 saturated carbocycles. The van der Waals surface area contributed by atoms with Crippen LogP contribution in [0.1, 0.15) is 12.0 Å². The molecule has 0 saturated heterocycles. The number of hydrogen-bond acceptors (Lipinski definition) is 6. The van der Waals surface area contributed by atoms with Crippen molar-refractivity contribution in [1.29, 1.82) is 10.7 Å². The van der Waals surface area contributed by atoms with Gasteiger partial charge in [0.05, 0.1) is 28.1 Å². The average molecular weight is 445 g/mol. The third-order valence-corrected chi connectivity index (χ3v) is 5.17. The fourth-order valence-electron chi connectivity index (χ4n) is 3.82. The summed E-state index contributed by atoms with van der Waals surface area (Å²) in [5, 5.41) is 28.6. The second-order valence-corrected chi connectivity index (χ2v) is 7.20. The van der Waals surface area contributed by atoms with Crippen LogP contribution in [0.25, 0.3) is 27.6 Å². The SMILES string of the molecule is N#Cc1cc2c(c3ccccc3n2CCCONC(=N)N)n(-c2ccc([N+](=O)[O-])cc2)c1=O. The maximum atomic E-state index is 13.2. The topological polar surface area (TPSA) is 165 Å². The molecule has 0 aliphatic heterocycles. The minimum absolute atomic E-state index is 0.0422. The van der Waals surface area contributed by atoms with Crippen molar-refractivity contribution in [2.45, 2.75) is 13.0 Å². The molecule has 2 heterocycles. The van der Waals surface area contributed by atoms with Crippen LogP contribution in [0, 0.1) is 26.9 Å². The maximum absolute atomic E-state index is 13.2. The number of hydrogen-bond donors (Lipinski definition) is 3. The lowest BCUT2D eigenvalue weighted by atomic mass is 10.2. The van der Waals surface area contributed by atoms with Crippen LogP contribution in [0.2, 0.25) is 0 Å². The summed E-state index contributed by atoms with van der Waals surface area (Å²) >= 11 is 0. The quantitative estimate of drug-likeness (QED) is 0.129. The van der Waals surface area contributed by atoms with Gasteiger partial charge in [0.15, 0.2) is 0 Å². The van der Waals surface area contributed by atoms with E-state index in [-0.39, 0.29) is 23.8 Å². The summed E-state index contributed by atoms with van der Waals surface area (Å²) in [7, 11) is 0. The lowest BCUT2D eigenvalue weighted by Gasteiger charge is -2.11. The minimum Gasteiger partial charge on any atom is -0.368 e. The van der Waals surface area contributed by atoms with E-state index in [9.17, 15) is 20.2 Å². The molecule has 11 heteroatoms. The Bertz CT molecular complexity index is 1480. The van der Waals surface area contributed by atoms with Crippen LogP contribution in [0.5, 0.6) is 0 Å². The first-order chi connectivity index (χ1) is 15.9. The van der Waals surface area contributed by atoms with Gasteiger partial charge in [-0.15, -0.1) is 0 Å². The van der Waals surface area contributed by atoms with Crippen LogP contribution in [-0.2, 0) is 11.4 Å². The van der Waals surface area contributed by atoms with Crippen LogP contribution < -0.4 is 16.8 Å². The third-order valence-electron chi connectivity index (χ3n) is 5.17. The van der Waals surface area contributed by atoms with Gasteiger partial charge >= 0.3 is 0 Å². The summed E-state index contributed by atoms with van der Waals surface area (Å²) in [6.45, 7) is 0.785. The number of nitro benzene ring substituents is 1. The molecule has 0 spiro atoms. The summed E-state index contributed by atoms with van der Waals surface area (Å²) in [5.74, 6) is -0.294. The number of pyridine rings is 1. The Labute approximate surface area is 186 Å². The highest BCUT2D eigenvalue weighted by molar-refractivity contribution is 6.07. The minimum atomic E-state index is -0.511. The standard InChI is InChI=1S/C22H19N7O4/c23-13-14-12-19-20(28(21(14)30)15-6-8-16(9-7-15)29(31)32)17-4-1-2-5-18(17)27(19)10-3-11-33-26-22(24)25/h1-2,4-9,12H,3,10-11H2,(H4,24,25,26). The molecule has 0 amide bonds. The highest BCUT2D eigenvalue weighted by Crippen LogP contribution is 2.31. The Hall–Kier alpha value is -4.69. The van der Waals surface area contributed by atoms with Crippen LogP contribution in [-0.4, -0.2) is 26.6 Å². The van der Waals surface area contributed by atoms with Crippen molar-refractivity contribution >= 4 is 33.6 Å². The first-order valence-electron chi connectivity index (χ1n) is 9.96. The van der Waals surface area contributed by atoms with Crippen molar-refractivity contribution in [3.8, 4) is 11.8 Å². The fraction of sp³-hybridized carbons (Fsp3) is 0.136. The Kier molecular flexibility index (Phi) is 5.75. The van der Waals surface area contributed by atoms with E-state index in [0.29, 0.717) is 29.7 Å². The number of nitrogens with two attached hydrogens (primary N) is 1. The zero-order valence-electron chi connectivity index (χ0n) is 17.3. The predicted octanol–water partition coefficient (Wildman–Crippen LogP) is 2.53. The molecule has 4 N–H and O–H groups in total. The Morgan fingerprint density at radius 3 is 2.61 bits per heavy atom. The summed E-state index contributed by atoms with van der Waals surface area (Å²) in [6.07, 6.45) is 0.562. The van der Waals surface area contributed by atoms with Gasteiger partial charge in [0, 0.05) is 29.8 Å². The fourth-order valence-corrected chi connectivity index (χ4v) is 3.82. The largest absolute Gasteiger partial charge is 0.368 e. The molecular weight excluding hydrogens is 426 g/mol. The molecule has 0 aliphatic rings. The van der Waals surface area contributed by atoms with E-state index in [1.807, 2.05) is 34.9 Å². The summed E-state index contributed by atoms with van der Waals surface area (Å²) in [6, 6.07) is 16.7. The van der Waals surface area contributed by atoms with Crippen molar-refractivity contribution in [2.75, 3.05) is 6.61 Å². The first-order valence-corrected chi connectivity index (χ1v) is 9.96. The molecule has 4 aromatic rings. The molecule has 0 unspecified atom stereocenters. The van der Waals surface area contributed by atoms with E-state index >= 15 is 0 Å². The molecule has 33 heavy (non-hydrogen) atoms. The van der Waals surface area contributed by atoms with Crippen LogP contribution in [0.15, 0.2) is 59.4 Å². The Morgan fingerprint density at radius 1 is 1.21 bits per heavy atom. The number of nitriles is 1. The highest BCUT2D eigenvalue weighted by Gasteiger charge is 2.19. The molecule has 0 radical (unpaired) electrons. The van der Waals surface area contributed by atoms with Crippen molar-refractivity contribution in [3.05, 3.63) is 80.6 Å². The molecule has 0 bridgehead atoms. The van der Waals surface area contributed by atoms with Crippen molar-refractivity contribution in [2.24, 2.45) is 5.73 Å². The van der Waals surface area contributed by atoms with Gasteiger partial charge in [-0.25, -0.2) is 5.48 Å². The predicted molar refractivity (Wildman–Crippen MR) is 122 cm³/mol. The number of fused-ring (bicyclic) bond motifs is 3. The van der Waals surface area contributed by atoms with Gasteiger partial charge in [-0.2, -0.15) is 5.26 Å². The number of nitrogens with one attached hydrogen (secondary N) is 2. The molecule has 11 nitrogen and oxygen atoms in total. The third kappa shape index (κ3) is 3.98. The molecular formula is C22H19N7O4. The van der Waals surface area contributed by atoms with E-state index in [4.69, 9.17) is 16.0 Å². The normalized spacial score (nSPS) is 10.9. The van der Waals surface area contributed by atoms with Gasteiger partial charge in [0.1, 0.15) is 11.6 Å². The molecule has 4 rings (SSSR count). The first kappa shape index (κ1) is 21.5. The summed E-state index contributed by atoms with van der Waals surface area (Å²) in [4.78, 5) is 28.9. The van der Waals surface area contributed by atoms with E-state index < -0.39 is 10.5 Å². The van der Waals surface area contributed by atoms with Crippen LogP contribution in [0.3, 0.4) is 0 Å². The smallest absolute Gasteiger partial charge is 0.273 e. The zero-order chi connectivity index (χ0) is 23.5. The van der Waals surface area contributed by atoms with Gasteiger partial charge in [-0.05, 0) is 30.7 Å². The number of hydroxylamine groups is 1. The summed E-state index contributed by atoms with van der Waals surface area (Å²) in [5.41, 5.74) is 9.40. The van der Waals surface area contributed by atoms with Crippen molar-refractivity contribution in [1.82, 2.24) is 14.6 Å². The maximum Gasteiger partial charge on any atom is 0.273 e. The summed E-state index contributed by atoms with van der Waals surface area (Å²) < 4.78 is 3.41.